The zero-order valence-corrected chi connectivity index (χ0v) is 12.8. The SMILES string of the molecule is O=C(Nc1cc2c(=O)[nH]c3ccccc3c2oc1=O)c1cccnc1. The molecule has 3 heterocycles. The van der Waals surface area contributed by atoms with Crippen LogP contribution in [0.25, 0.3) is 21.9 Å². The van der Waals surface area contributed by atoms with Gasteiger partial charge < -0.3 is 14.7 Å². The molecule has 0 aliphatic heterocycles. The van der Waals surface area contributed by atoms with Gasteiger partial charge in [-0.1, -0.05) is 12.1 Å². The predicted molar refractivity (Wildman–Crippen MR) is 92.8 cm³/mol. The second kappa shape index (κ2) is 5.72. The highest BCUT2D eigenvalue weighted by Gasteiger charge is 2.14. The van der Waals surface area contributed by atoms with Crippen LogP contribution in [0.2, 0.25) is 0 Å². The molecular formula is C18H11N3O4. The molecule has 2 N–H and O–H groups in total. The first-order valence-corrected chi connectivity index (χ1v) is 7.44. The number of amides is 1. The molecule has 25 heavy (non-hydrogen) atoms. The molecule has 0 bridgehead atoms. The summed E-state index contributed by atoms with van der Waals surface area (Å²) < 4.78 is 5.32. The number of H-pyrrole nitrogens is 1. The zero-order chi connectivity index (χ0) is 17.4. The van der Waals surface area contributed by atoms with Gasteiger partial charge in [-0.2, -0.15) is 0 Å². The van der Waals surface area contributed by atoms with E-state index in [1.807, 2.05) is 0 Å². The van der Waals surface area contributed by atoms with Gasteiger partial charge in [-0.25, -0.2) is 4.79 Å². The molecule has 0 atom stereocenters. The molecule has 0 saturated heterocycles. The standard InChI is InChI=1S/C18H11N3O4/c22-16(10-4-3-7-19-9-10)21-14-8-12-15(25-18(14)24)11-5-1-2-6-13(11)20-17(12)23/h1-9H,(H,20,23)(H,21,22). The van der Waals surface area contributed by atoms with E-state index in [2.05, 4.69) is 15.3 Å². The Morgan fingerprint density at radius 3 is 2.72 bits per heavy atom. The number of aromatic amines is 1. The van der Waals surface area contributed by atoms with E-state index < -0.39 is 17.1 Å². The second-order valence-electron chi connectivity index (χ2n) is 5.39. The maximum Gasteiger partial charge on any atom is 0.360 e. The molecule has 0 unspecified atom stereocenters. The molecule has 3 aromatic heterocycles. The first kappa shape index (κ1) is 14.8. The highest BCUT2D eigenvalue weighted by molar-refractivity contribution is 6.06. The lowest BCUT2D eigenvalue weighted by Gasteiger charge is -2.06. The van der Waals surface area contributed by atoms with E-state index in [0.717, 1.165) is 0 Å². The Morgan fingerprint density at radius 1 is 1.08 bits per heavy atom. The van der Waals surface area contributed by atoms with E-state index in [-0.39, 0.29) is 22.2 Å². The van der Waals surface area contributed by atoms with Gasteiger partial charge in [0.1, 0.15) is 5.69 Å². The Morgan fingerprint density at radius 2 is 1.92 bits per heavy atom. The summed E-state index contributed by atoms with van der Waals surface area (Å²) in [4.78, 5) is 43.3. The van der Waals surface area contributed by atoms with Crippen molar-refractivity contribution in [3.63, 3.8) is 0 Å². The molecule has 0 saturated carbocycles. The largest absolute Gasteiger partial charge is 0.420 e. The van der Waals surface area contributed by atoms with Crippen molar-refractivity contribution < 1.29 is 9.21 Å². The van der Waals surface area contributed by atoms with Gasteiger partial charge in [-0.3, -0.25) is 14.6 Å². The van der Waals surface area contributed by atoms with Crippen molar-refractivity contribution in [2.45, 2.75) is 0 Å². The quantitative estimate of drug-likeness (QED) is 0.548. The summed E-state index contributed by atoms with van der Waals surface area (Å²) in [6, 6.07) is 11.5. The van der Waals surface area contributed by atoms with Crippen LogP contribution in [-0.4, -0.2) is 15.9 Å². The summed E-state index contributed by atoms with van der Waals surface area (Å²) in [5.74, 6) is -0.517. The number of anilines is 1. The number of para-hydroxylation sites is 1. The van der Waals surface area contributed by atoms with Crippen molar-refractivity contribution in [3.8, 4) is 0 Å². The highest BCUT2D eigenvalue weighted by Crippen LogP contribution is 2.21. The number of rotatable bonds is 2. The van der Waals surface area contributed by atoms with Crippen molar-refractivity contribution in [1.29, 1.82) is 0 Å². The maximum absolute atomic E-state index is 12.3. The number of pyridine rings is 2. The minimum Gasteiger partial charge on any atom is -0.420 e. The van der Waals surface area contributed by atoms with Crippen molar-refractivity contribution in [1.82, 2.24) is 9.97 Å². The highest BCUT2D eigenvalue weighted by atomic mass is 16.4. The van der Waals surface area contributed by atoms with E-state index in [1.54, 1.807) is 36.4 Å². The fourth-order valence-corrected chi connectivity index (χ4v) is 2.60. The Balaban J connectivity index is 1.87. The van der Waals surface area contributed by atoms with Crippen LogP contribution in [0.15, 0.2) is 68.9 Å². The van der Waals surface area contributed by atoms with Gasteiger partial charge in [-0.15, -0.1) is 0 Å². The fourth-order valence-electron chi connectivity index (χ4n) is 2.60. The lowest BCUT2D eigenvalue weighted by Crippen LogP contribution is -2.19. The van der Waals surface area contributed by atoms with E-state index in [1.165, 1.54) is 18.5 Å². The Labute approximate surface area is 139 Å². The molecule has 4 aromatic rings. The number of hydrogen-bond acceptors (Lipinski definition) is 5. The van der Waals surface area contributed by atoms with Gasteiger partial charge >= 0.3 is 5.63 Å². The Bertz CT molecular complexity index is 1230. The van der Waals surface area contributed by atoms with Gasteiger partial charge in [-0.05, 0) is 30.3 Å². The average molecular weight is 333 g/mol. The number of hydrogen-bond donors (Lipinski definition) is 2. The minimum atomic E-state index is -0.736. The molecule has 122 valence electrons. The molecule has 0 radical (unpaired) electrons. The predicted octanol–water partition coefficient (Wildman–Crippen LogP) is 2.28. The van der Waals surface area contributed by atoms with Crippen molar-refractivity contribution >= 4 is 33.5 Å². The Hall–Kier alpha value is -3.74. The number of carbonyl (C=O) groups is 1. The normalized spacial score (nSPS) is 10.9. The van der Waals surface area contributed by atoms with Crippen LogP contribution in [0.4, 0.5) is 5.69 Å². The van der Waals surface area contributed by atoms with Crippen LogP contribution in [0.3, 0.4) is 0 Å². The molecule has 0 fully saturated rings. The maximum atomic E-state index is 12.3. The number of nitrogens with zero attached hydrogens (tertiary/aromatic N) is 1. The lowest BCUT2D eigenvalue weighted by atomic mass is 10.1. The summed E-state index contributed by atoms with van der Waals surface area (Å²) in [7, 11) is 0. The topological polar surface area (TPSA) is 105 Å². The van der Waals surface area contributed by atoms with E-state index in [0.29, 0.717) is 10.9 Å². The monoisotopic (exact) mass is 333 g/mol. The van der Waals surface area contributed by atoms with Crippen LogP contribution >= 0.6 is 0 Å². The molecule has 7 heteroatoms. The third-order valence-electron chi connectivity index (χ3n) is 3.78. The van der Waals surface area contributed by atoms with Gasteiger partial charge in [0.2, 0.25) is 0 Å². The van der Waals surface area contributed by atoms with Crippen LogP contribution in [0.1, 0.15) is 10.4 Å². The third-order valence-corrected chi connectivity index (χ3v) is 3.78. The first-order valence-electron chi connectivity index (χ1n) is 7.44. The number of fused-ring (bicyclic) bond motifs is 3. The number of benzene rings is 1. The van der Waals surface area contributed by atoms with Crippen LogP contribution in [0, 0.1) is 0 Å². The van der Waals surface area contributed by atoms with Crippen LogP contribution in [0.5, 0.6) is 0 Å². The summed E-state index contributed by atoms with van der Waals surface area (Å²) in [6.45, 7) is 0. The summed E-state index contributed by atoms with van der Waals surface area (Å²) in [5, 5.41) is 3.25. The summed E-state index contributed by atoms with van der Waals surface area (Å²) in [6.07, 6.45) is 2.91. The molecule has 7 nitrogen and oxygen atoms in total. The third kappa shape index (κ3) is 2.57. The molecular weight excluding hydrogens is 322 g/mol. The van der Waals surface area contributed by atoms with Crippen molar-refractivity contribution in [2.75, 3.05) is 5.32 Å². The molecule has 1 aromatic carbocycles. The van der Waals surface area contributed by atoms with Gasteiger partial charge in [0, 0.05) is 17.8 Å². The van der Waals surface area contributed by atoms with Gasteiger partial charge in [0.25, 0.3) is 11.5 Å². The second-order valence-corrected chi connectivity index (χ2v) is 5.39. The number of aromatic nitrogens is 2. The number of nitrogens with one attached hydrogen (secondary N) is 2. The first-order chi connectivity index (χ1) is 12.1. The summed E-state index contributed by atoms with van der Waals surface area (Å²) >= 11 is 0. The van der Waals surface area contributed by atoms with Crippen molar-refractivity contribution in [3.05, 3.63) is 81.2 Å². The van der Waals surface area contributed by atoms with Crippen LogP contribution < -0.4 is 16.5 Å². The smallest absolute Gasteiger partial charge is 0.360 e. The van der Waals surface area contributed by atoms with E-state index in [9.17, 15) is 14.4 Å². The molecule has 0 aliphatic rings. The molecule has 0 spiro atoms. The lowest BCUT2D eigenvalue weighted by molar-refractivity contribution is 0.102. The Kier molecular flexibility index (Phi) is 3.39. The average Bonchev–Trinajstić information content (AvgIpc) is 2.63. The fraction of sp³-hybridized carbons (Fsp3) is 0. The molecule has 1 amide bonds. The van der Waals surface area contributed by atoms with E-state index >= 15 is 0 Å². The minimum absolute atomic E-state index is 0.109. The number of carbonyl (C=O) groups excluding carboxylic acids is 1. The van der Waals surface area contributed by atoms with Gasteiger partial charge in [0.05, 0.1) is 16.5 Å². The summed E-state index contributed by atoms with van der Waals surface area (Å²) in [5.41, 5.74) is -0.217. The van der Waals surface area contributed by atoms with Gasteiger partial charge in [0.15, 0.2) is 5.58 Å². The van der Waals surface area contributed by atoms with Crippen LogP contribution in [-0.2, 0) is 0 Å². The zero-order valence-electron chi connectivity index (χ0n) is 12.8. The van der Waals surface area contributed by atoms with Crippen molar-refractivity contribution in [2.24, 2.45) is 0 Å². The van der Waals surface area contributed by atoms with E-state index in [4.69, 9.17) is 4.42 Å². The molecule has 4 rings (SSSR count). The molecule has 0 aliphatic carbocycles.